The van der Waals surface area contributed by atoms with Crippen LogP contribution in [-0.4, -0.2) is 13.7 Å². The van der Waals surface area contributed by atoms with Crippen LogP contribution in [0.2, 0.25) is 0 Å². The van der Waals surface area contributed by atoms with Crippen LogP contribution in [0.5, 0.6) is 5.75 Å². The van der Waals surface area contributed by atoms with Crippen LogP contribution in [0.25, 0.3) is 0 Å². The Morgan fingerprint density at radius 1 is 1.05 bits per heavy atom. The van der Waals surface area contributed by atoms with Crippen LogP contribution in [0.1, 0.15) is 23.6 Å². The maximum Gasteiger partial charge on any atom is 0.263 e. The number of rotatable bonds is 6. The predicted octanol–water partition coefficient (Wildman–Crippen LogP) is 3.74. The summed E-state index contributed by atoms with van der Waals surface area (Å²) in [7, 11) is 1.59. The second-order valence-electron chi connectivity index (χ2n) is 4.60. The molecular weight excluding hydrogens is 274 g/mol. The molecule has 2 rings (SSSR count). The van der Waals surface area contributed by atoms with Crippen molar-refractivity contribution in [1.82, 2.24) is 0 Å². The van der Waals surface area contributed by atoms with E-state index in [9.17, 15) is 8.78 Å². The standard InChI is InChI=1S/C16H18F2N2O/c1-21-15-5-3-2-4-13(15)20-14(10-19)11-6-8-12(9-7-11)16(17)18/h2-9,14,16,20H,10,19H2,1H3. The fourth-order valence-electron chi connectivity index (χ4n) is 2.10. The fourth-order valence-corrected chi connectivity index (χ4v) is 2.10. The lowest BCUT2D eigenvalue weighted by molar-refractivity contribution is 0.151. The van der Waals surface area contributed by atoms with E-state index in [1.165, 1.54) is 12.1 Å². The molecule has 0 bridgehead atoms. The van der Waals surface area contributed by atoms with Crippen molar-refractivity contribution < 1.29 is 13.5 Å². The van der Waals surface area contributed by atoms with E-state index in [0.29, 0.717) is 12.3 Å². The lowest BCUT2D eigenvalue weighted by Crippen LogP contribution is -2.20. The SMILES string of the molecule is COc1ccccc1NC(CN)c1ccc(C(F)F)cc1. The molecule has 1 unspecified atom stereocenters. The van der Waals surface area contributed by atoms with E-state index in [0.717, 1.165) is 11.3 Å². The zero-order valence-corrected chi connectivity index (χ0v) is 11.7. The van der Waals surface area contributed by atoms with Crippen LogP contribution in [0.15, 0.2) is 48.5 Å². The number of alkyl halides is 2. The Morgan fingerprint density at radius 2 is 1.67 bits per heavy atom. The first kappa shape index (κ1) is 15.3. The summed E-state index contributed by atoms with van der Waals surface area (Å²) < 4.78 is 30.4. The molecule has 0 fully saturated rings. The second kappa shape index (κ2) is 7.04. The highest BCUT2D eigenvalue weighted by Gasteiger charge is 2.13. The number of halogens is 2. The maximum atomic E-state index is 12.6. The highest BCUT2D eigenvalue weighted by atomic mass is 19.3. The minimum absolute atomic E-state index is 0.00631. The van der Waals surface area contributed by atoms with E-state index in [1.807, 2.05) is 24.3 Å². The molecule has 21 heavy (non-hydrogen) atoms. The third kappa shape index (κ3) is 3.70. The van der Waals surface area contributed by atoms with Gasteiger partial charge in [0, 0.05) is 12.1 Å². The zero-order chi connectivity index (χ0) is 15.2. The molecule has 0 amide bonds. The highest BCUT2D eigenvalue weighted by Crippen LogP contribution is 2.28. The number of benzene rings is 2. The van der Waals surface area contributed by atoms with Crippen molar-refractivity contribution >= 4 is 5.69 Å². The Kier molecular flexibility index (Phi) is 5.11. The van der Waals surface area contributed by atoms with Gasteiger partial charge < -0.3 is 15.8 Å². The minimum Gasteiger partial charge on any atom is -0.495 e. The summed E-state index contributed by atoms with van der Waals surface area (Å²) in [6, 6.07) is 13.5. The van der Waals surface area contributed by atoms with E-state index in [-0.39, 0.29) is 11.6 Å². The first-order valence-corrected chi connectivity index (χ1v) is 6.63. The normalized spacial score (nSPS) is 12.2. The number of nitrogens with two attached hydrogens (primary N) is 1. The molecule has 5 heteroatoms. The van der Waals surface area contributed by atoms with Crippen LogP contribution < -0.4 is 15.8 Å². The van der Waals surface area contributed by atoms with Gasteiger partial charge in [-0.2, -0.15) is 0 Å². The topological polar surface area (TPSA) is 47.3 Å². The summed E-state index contributed by atoms with van der Waals surface area (Å²) in [5.41, 5.74) is 7.46. The van der Waals surface area contributed by atoms with Gasteiger partial charge in [0.15, 0.2) is 0 Å². The van der Waals surface area contributed by atoms with Crippen molar-refractivity contribution in [2.24, 2.45) is 5.73 Å². The molecule has 2 aromatic carbocycles. The van der Waals surface area contributed by atoms with Crippen LogP contribution in [0.3, 0.4) is 0 Å². The Morgan fingerprint density at radius 3 is 2.24 bits per heavy atom. The van der Waals surface area contributed by atoms with Crippen LogP contribution in [-0.2, 0) is 0 Å². The number of para-hydroxylation sites is 2. The van der Waals surface area contributed by atoms with Gasteiger partial charge in [-0.05, 0) is 17.7 Å². The summed E-state index contributed by atoms with van der Waals surface area (Å²) in [6.07, 6.45) is -2.46. The van der Waals surface area contributed by atoms with Gasteiger partial charge in [-0.1, -0.05) is 36.4 Å². The number of hydrogen-bond acceptors (Lipinski definition) is 3. The van der Waals surface area contributed by atoms with Crippen molar-refractivity contribution in [1.29, 1.82) is 0 Å². The minimum atomic E-state index is -2.46. The third-order valence-electron chi connectivity index (χ3n) is 3.26. The number of anilines is 1. The average molecular weight is 292 g/mol. The predicted molar refractivity (Wildman–Crippen MR) is 79.8 cm³/mol. The Balaban J connectivity index is 2.19. The molecule has 112 valence electrons. The van der Waals surface area contributed by atoms with Crippen molar-refractivity contribution in [2.75, 3.05) is 19.0 Å². The summed E-state index contributed by atoms with van der Waals surface area (Å²) in [6.45, 7) is 0.339. The number of methoxy groups -OCH3 is 1. The third-order valence-corrected chi connectivity index (χ3v) is 3.26. The molecule has 2 aromatic rings. The maximum absolute atomic E-state index is 12.6. The molecule has 0 saturated heterocycles. The number of hydrogen-bond donors (Lipinski definition) is 2. The van der Waals surface area contributed by atoms with Crippen LogP contribution in [0.4, 0.5) is 14.5 Å². The van der Waals surface area contributed by atoms with Crippen molar-refractivity contribution in [3.63, 3.8) is 0 Å². The monoisotopic (exact) mass is 292 g/mol. The fraction of sp³-hybridized carbons (Fsp3) is 0.250. The first-order valence-electron chi connectivity index (χ1n) is 6.63. The molecule has 0 aliphatic carbocycles. The molecule has 3 nitrogen and oxygen atoms in total. The van der Waals surface area contributed by atoms with Crippen molar-refractivity contribution in [3.05, 3.63) is 59.7 Å². The van der Waals surface area contributed by atoms with Crippen LogP contribution in [0, 0.1) is 0 Å². The molecule has 0 heterocycles. The molecule has 0 aliphatic rings. The number of nitrogens with one attached hydrogen (secondary N) is 1. The highest BCUT2D eigenvalue weighted by molar-refractivity contribution is 5.57. The summed E-state index contributed by atoms with van der Waals surface area (Å²) in [5.74, 6) is 0.708. The molecule has 0 spiro atoms. The Bertz CT molecular complexity index is 573. The van der Waals surface area contributed by atoms with E-state index in [2.05, 4.69) is 5.32 Å². The molecule has 1 atom stereocenters. The van der Waals surface area contributed by atoms with Gasteiger partial charge in [0.1, 0.15) is 5.75 Å². The first-order chi connectivity index (χ1) is 10.2. The van der Waals surface area contributed by atoms with Gasteiger partial charge in [-0.15, -0.1) is 0 Å². The Hall–Kier alpha value is -2.14. The van der Waals surface area contributed by atoms with E-state index in [4.69, 9.17) is 10.5 Å². The molecule has 0 aromatic heterocycles. The van der Waals surface area contributed by atoms with Gasteiger partial charge in [0.05, 0.1) is 18.8 Å². The molecule has 3 N–H and O–H groups in total. The van der Waals surface area contributed by atoms with Gasteiger partial charge in [-0.25, -0.2) is 8.78 Å². The van der Waals surface area contributed by atoms with Gasteiger partial charge in [-0.3, -0.25) is 0 Å². The lowest BCUT2D eigenvalue weighted by Gasteiger charge is -2.20. The Labute approximate surface area is 122 Å². The van der Waals surface area contributed by atoms with Crippen LogP contribution >= 0.6 is 0 Å². The van der Waals surface area contributed by atoms with E-state index < -0.39 is 6.43 Å². The molecule has 0 aliphatic heterocycles. The average Bonchev–Trinajstić information content (AvgIpc) is 2.53. The van der Waals surface area contributed by atoms with E-state index in [1.54, 1.807) is 19.2 Å². The smallest absolute Gasteiger partial charge is 0.263 e. The van der Waals surface area contributed by atoms with Gasteiger partial charge >= 0.3 is 0 Å². The summed E-state index contributed by atoms with van der Waals surface area (Å²) >= 11 is 0. The van der Waals surface area contributed by atoms with Crippen molar-refractivity contribution in [2.45, 2.75) is 12.5 Å². The second-order valence-corrected chi connectivity index (χ2v) is 4.60. The van der Waals surface area contributed by atoms with Gasteiger partial charge in [0.2, 0.25) is 0 Å². The quantitative estimate of drug-likeness (QED) is 0.852. The largest absolute Gasteiger partial charge is 0.495 e. The lowest BCUT2D eigenvalue weighted by atomic mass is 10.0. The summed E-state index contributed by atoms with van der Waals surface area (Å²) in [4.78, 5) is 0. The molecular formula is C16H18F2N2O. The number of ether oxygens (including phenoxy) is 1. The van der Waals surface area contributed by atoms with Gasteiger partial charge in [0.25, 0.3) is 6.43 Å². The molecule has 0 radical (unpaired) electrons. The zero-order valence-electron chi connectivity index (χ0n) is 11.7. The van der Waals surface area contributed by atoms with E-state index >= 15 is 0 Å². The molecule has 0 saturated carbocycles. The summed E-state index contributed by atoms with van der Waals surface area (Å²) in [5, 5.41) is 3.28. The van der Waals surface area contributed by atoms with Crippen molar-refractivity contribution in [3.8, 4) is 5.75 Å².